The van der Waals surface area contributed by atoms with Gasteiger partial charge in [-0.15, -0.1) is 0 Å². The fourth-order valence-corrected chi connectivity index (χ4v) is 1.44. The summed E-state index contributed by atoms with van der Waals surface area (Å²) >= 11 is 0. The summed E-state index contributed by atoms with van der Waals surface area (Å²) < 4.78 is 0. The molecule has 2 nitrogen and oxygen atoms in total. The van der Waals surface area contributed by atoms with E-state index < -0.39 is 6.10 Å². The molecule has 0 aliphatic heterocycles. The number of aliphatic hydroxyl groups excluding tert-OH is 1. The van der Waals surface area contributed by atoms with E-state index in [1.54, 1.807) is 0 Å². The lowest BCUT2D eigenvalue weighted by atomic mass is 9.98. The highest BCUT2D eigenvalue weighted by atomic mass is 16.3. The van der Waals surface area contributed by atoms with Crippen LogP contribution in [-0.4, -0.2) is 11.1 Å². The van der Waals surface area contributed by atoms with Crippen LogP contribution >= 0.6 is 0 Å². The molecule has 0 fully saturated rings. The van der Waals surface area contributed by atoms with Gasteiger partial charge >= 0.3 is 0 Å². The van der Waals surface area contributed by atoms with Gasteiger partial charge in [-0.25, -0.2) is 0 Å². The quantitative estimate of drug-likeness (QED) is 0.725. The van der Waals surface area contributed by atoms with Gasteiger partial charge in [0.15, 0.2) is 0 Å². The van der Waals surface area contributed by atoms with E-state index in [1.807, 2.05) is 32.9 Å². The second kappa shape index (κ2) is 3.90. The number of benzene rings is 1. The van der Waals surface area contributed by atoms with Gasteiger partial charge in [0.25, 0.3) is 0 Å². The Morgan fingerprint density at radius 2 is 1.92 bits per heavy atom. The number of hydrogen-bond donors (Lipinski definition) is 2. The Hall–Kier alpha value is -0.860. The SMILES string of the molecule is Cc1ccc(C(O)C(C)N)c(C)c1. The van der Waals surface area contributed by atoms with Crippen molar-refractivity contribution < 1.29 is 5.11 Å². The predicted molar refractivity (Wildman–Crippen MR) is 54.5 cm³/mol. The number of hydrogen-bond acceptors (Lipinski definition) is 2. The van der Waals surface area contributed by atoms with Crippen molar-refractivity contribution in [3.8, 4) is 0 Å². The van der Waals surface area contributed by atoms with Gasteiger partial charge in [0.05, 0.1) is 6.10 Å². The van der Waals surface area contributed by atoms with Crippen LogP contribution in [0.15, 0.2) is 18.2 Å². The van der Waals surface area contributed by atoms with E-state index in [9.17, 15) is 5.11 Å². The Kier molecular flexibility index (Phi) is 3.07. The van der Waals surface area contributed by atoms with E-state index in [4.69, 9.17) is 5.73 Å². The van der Waals surface area contributed by atoms with E-state index in [0.29, 0.717) is 0 Å². The maximum atomic E-state index is 9.74. The van der Waals surface area contributed by atoms with Gasteiger partial charge in [0, 0.05) is 6.04 Å². The van der Waals surface area contributed by atoms with Gasteiger partial charge in [-0.3, -0.25) is 0 Å². The highest BCUT2D eigenvalue weighted by Crippen LogP contribution is 2.20. The zero-order valence-corrected chi connectivity index (χ0v) is 8.41. The maximum absolute atomic E-state index is 9.74. The summed E-state index contributed by atoms with van der Waals surface area (Å²) in [6.07, 6.45) is -0.555. The summed E-state index contributed by atoms with van der Waals surface area (Å²) in [5, 5.41) is 9.74. The number of nitrogens with two attached hydrogens (primary N) is 1. The highest BCUT2D eigenvalue weighted by Gasteiger charge is 2.13. The predicted octanol–water partition coefficient (Wildman–Crippen LogP) is 1.68. The summed E-state index contributed by atoms with van der Waals surface area (Å²) in [5.74, 6) is 0. The second-order valence-electron chi connectivity index (χ2n) is 3.66. The minimum Gasteiger partial charge on any atom is -0.387 e. The lowest BCUT2D eigenvalue weighted by Crippen LogP contribution is -2.24. The van der Waals surface area contributed by atoms with E-state index in [0.717, 1.165) is 11.1 Å². The van der Waals surface area contributed by atoms with Crippen LogP contribution in [0.5, 0.6) is 0 Å². The summed E-state index contributed by atoms with van der Waals surface area (Å²) in [7, 11) is 0. The third-order valence-electron chi connectivity index (χ3n) is 2.24. The minimum atomic E-state index is -0.555. The molecule has 1 aromatic carbocycles. The van der Waals surface area contributed by atoms with Gasteiger partial charge in [-0.2, -0.15) is 0 Å². The summed E-state index contributed by atoms with van der Waals surface area (Å²) in [5.41, 5.74) is 8.86. The van der Waals surface area contributed by atoms with Crippen molar-refractivity contribution in [2.45, 2.75) is 32.9 Å². The Balaban J connectivity index is 3.01. The Morgan fingerprint density at radius 1 is 1.31 bits per heavy atom. The molecule has 0 bridgehead atoms. The normalized spacial score (nSPS) is 15.5. The molecule has 0 spiro atoms. The highest BCUT2D eigenvalue weighted by molar-refractivity contribution is 5.32. The fourth-order valence-electron chi connectivity index (χ4n) is 1.44. The van der Waals surface area contributed by atoms with Crippen LogP contribution in [0.1, 0.15) is 29.7 Å². The third kappa shape index (κ3) is 2.29. The Bertz CT molecular complexity index is 294. The molecule has 72 valence electrons. The third-order valence-corrected chi connectivity index (χ3v) is 2.24. The standard InChI is InChI=1S/C11H17NO/c1-7-4-5-10(8(2)6-7)11(13)9(3)12/h4-6,9,11,13H,12H2,1-3H3. The van der Waals surface area contributed by atoms with Gasteiger partial charge < -0.3 is 10.8 Å². The zero-order chi connectivity index (χ0) is 10.0. The molecule has 1 rings (SSSR count). The van der Waals surface area contributed by atoms with Crippen molar-refractivity contribution in [2.75, 3.05) is 0 Å². The summed E-state index contributed by atoms with van der Waals surface area (Å²) in [4.78, 5) is 0. The fraction of sp³-hybridized carbons (Fsp3) is 0.455. The van der Waals surface area contributed by atoms with Crippen LogP contribution < -0.4 is 5.73 Å². The summed E-state index contributed by atoms with van der Waals surface area (Å²) in [6.45, 7) is 5.84. The van der Waals surface area contributed by atoms with Gasteiger partial charge in [0.2, 0.25) is 0 Å². The average molecular weight is 179 g/mol. The van der Waals surface area contributed by atoms with E-state index in [2.05, 4.69) is 6.07 Å². The molecule has 3 N–H and O–H groups in total. The van der Waals surface area contributed by atoms with Crippen molar-refractivity contribution >= 4 is 0 Å². The Labute approximate surface area is 79.4 Å². The number of aryl methyl sites for hydroxylation is 2. The second-order valence-corrected chi connectivity index (χ2v) is 3.66. The van der Waals surface area contributed by atoms with E-state index in [1.165, 1.54) is 5.56 Å². The Morgan fingerprint density at radius 3 is 2.38 bits per heavy atom. The lowest BCUT2D eigenvalue weighted by Gasteiger charge is -2.17. The first-order chi connectivity index (χ1) is 6.02. The van der Waals surface area contributed by atoms with Gasteiger partial charge in [0.1, 0.15) is 0 Å². The largest absolute Gasteiger partial charge is 0.387 e. The van der Waals surface area contributed by atoms with Gasteiger partial charge in [-0.1, -0.05) is 23.8 Å². The van der Waals surface area contributed by atoms with Crippen molar-refractivity contribution in [3.63, 3.8) is 0 Å². The first kappa shape index (κ1) is 10.2. The maximum Gasteiger partial charge on any atom is 0.0940 e. The van der Waals surface area contributed by atoms with Crippen LogP contribution in [-0.2, 0) is 0 Å². The van der Waals surface area contributed by atoms with Crippen molar-refractivity contribution in [1.82, 2.24) is 0 Å². The molecular weight excluding hydrogens is 162 g/mol. The average Bonchev–Trinajstić information content (AvgIpc) is 2.03. The lowest BCUT2D eigenvalue weighted by molar-refractivity contribution is 0.152. The molecule has 0 amide bonds. The first-order valence-corrected chi connectivity index (χ1v) is 4.53. The zero-order valence-electron chi connectivity index (χ0n) is 8.41. The molecule has 0 radical (unpaired) electrons. The molecule has 2 atom stereocenters. The molecular formula is C11H17NO. The molecule has 0 heterocycles. The van der Waals surface area contributed by atoms with Crippen LogP contribution in [0, 0.1) is 13.8 Å². The minimum absolute atomic E-state index is 0.221. The molecule has 0 aliphatic carbocycles. The smallest absolute Gasteiger partial charge is 0.0940 e. The summed E-state index contributed by atoms with van der Waals surface area (Å²) in [6, 6.07) is 5.77. The topological polar surface area (TPSA) is 46.2 Å². The van der Waals surface area contributed by atoms with Crippen molar-refractivity contribution in [3.05, 3.63) is 34.9 Å². The van der Waals surface area contributed by atoms with Crippen molar-refractivity contribution in [2.24, 2.45) is 5.73 Å². The van der Waals surface area contributed by atoms with Crippen LogP contribution in [0.25, 0.3) is 0 Å². The van der Waals surface area contributed by atoms with Crippen molar-refractivity contribution in [1.29, 1.82) is 0 Å². The number of aliphatic hydroxyl groups is 1. The first-order valence-electron chi connectivity index (χ1n) is 4.53. The molecule has 2 heteroatoms. The molecule has 0 aliphatic rings. The monoisotopic (exact) mass is 179 g/mol. The molecule has 0 saturated carbocycles. The number of rotatable bonds is 2. The van der Waals surface area contributed by atoms with Crippen LogP contribution in [0.4, 0.5) is 0 Å². The molecule has 0 saturated heterocycles. The molecule has 1 aromatic rings. The van der Waals surface area contributed by atoms with E-state index in [-0.39, 0.29) is 6.04 Å². The van der Waals surface area contributed by atoms with Crippen LogP contribution in [0.3, 0.4) is 0 Å². The molecule has 13 heavy (non-hydrogen) atoms. The molecule has 0 aromatic heterocycles. The van der Waals surface area contributed by atoms with E-state index >= 15 is 0 Å². The van der Waals surface area contributed by atoms with Gasteiger partial charge in [-0.05, 0) is 31.9 Å². The molecule has 2 unspecified atom stereocenters. The van der Waals surface area contributed by atoms with Crippen LogP contribution in [0.2, 0.25) is 0 Å².